The van der Waals surface area contributed by atoms with Crippen molar-refractivity contribution in [2.24, 2.45) is 0 Å². The molecule has 82 heavy (non-hydrogen) atoms. The standard InChI is InChI=1S/C70H109O11P/c1-4-7-10-13-16-19-22-25-28-31-33-36-38-41-44-47-50-53-56-59-68(72)77-63-67(81-70(74)61-58-55-52-49-46-43-40-37-34-32-29-26-23-20-17-14-11-8-5-2)65-79-82(75,76)78-64-66(62-71)80-69(73)60-57-54-51-48-45-42-39-35-30-27-24-21-18-15-12-9-6-3/h7,9-10,12,16-21,25-30,33-34,36-37,39,41-42,44,48,50-51,53,66-67,71H,4-6,8,11,13-15,22-24,31-32,35,38,40,43,45-47,49,52,54-65H2,1-3H3,(H,75,76)/b10-7-,12-9-,19-16-,20-17-,21-18-,28-25-,29-26-,30-27-,36-33-,37-34-,42-39-,44-41-,51-48-,53-50-. The van der Waals surface area contributed by atoms with Crippen molar-refractivity contribution in [1.82, 2.24) is 0 Å². The van der Waals surface area contributed by atoms with Crippen LogP contribution in [0.1, 0.15) is 213 Å². The summed E-state index contributed by atoms with van der Waals surface area (Å²) in [6.07, 6.45) is 83.2. The number of aliphatic hydroxyl groups is 1. The van der Waals surface area contributed by atoms with Crippen LogP contribution in [0.4, 0.5) is 0 Å². The molecule has 0 spiro atoms. The zero-order valence-corrected chi connectivity index (χ0v) is 51.8. The minimum Gasteiger partial charge on any atom is -0.462 e. The molecule has 0 fully saturated rings. The lowest BCUT2D eigenvalue weighted by Gasteiger charge is -2.21. The first-order chi connectivity index (χ1) is 40.2. The second-order valence-electron chi connectivity index (χ2n) is 19.7. The van der Waals surface area contributed by atoms with Gasteiger partial charge in [-0.15, -0.1) is 0 Å². The summed E-state index contributed by atoms with van der Waals surface area (Å²) in [6.45, 7) is 4.21. The van der Waals surface area contributed by atoms with E-state index in [-0.39, 0.29) is 19.3 Å². The lowest BCUT2D eigenvalue weighted by atomic mass is 10.1. The topological polar surface area (TPSA) is 155 Å². The number of phosphoric acid groups is 1. The first kappa shape index (κ1) is 76.8. The highest BCUT2D eigenvalue weighted by Crippen LogP contribution is 2.43. The van der Waals surface area contributed by atoms with Gasteiger partial charge in [0.05, 0.1) is 19.8 Å². The Labute approximate surface area is 497 Å². The molecule has 0 radical (unpaired) electrons. The van der Waals surface area contributed by atoms with Crippen molar-refractivity contribution in [2.75, 3.05) is 26.4 Å². The van der Waals surface area contributed by atoms with E-state index < -0.39 is 64.4 Å². The van der Waals surface area contributed by atoms with Gasteiger partial charge >= 0.3 is 25.7 Å². The number of carbonyl (C=O) groups excluding carboxylic acids is 3. The van der Waals surface area contributed by atoms with E-state index in [9.17, 15) is 28.9 Å². The Morgan fingerprint density at radius 2 is 0.671 bits per heavy atom. The summed E-state index contributed by atoms with van der Waals surface area (Å²) in [6, 6.07) is 0. The van der Waals surface area contributed by atoms with Crippen LogP contribution in [0.3, 0.4) is 0 Å². The second kappa shape index (κ2) is 61.9. The number of hydrogen-bond donors (Lipinski definition) is 2. The minimum atomic E-state index is -4.80. The summed E-state index contributed by atoms with van der Waals surface area (Å²) >= 11 is 0. The average molecular weight is 1160 g/mol. The molecule has 0 saturated heterocycles. The predicted octanol–water partition coefficient (Wildman–Crippen LogP) is 19.0. The Hall–Kier alpha value is -5.16. The number of phosphoric ester groups is 1. The molecule has 0 aromatic carbocycles. The van der Waals surface area contributed by atoms with Crippen LogP contribution < -0.4 is 0 Å². The molecule has 0 aliphatic heterocycles. The number of hydrogen-bond acceptors (Lipinski definition) is 10. The van der Waals surface area contributed by atoms with Crippen molar-refractivity contribution in [3.05, 3.63) is 170 Å². The molecule has 2 N–H and O–H groups in total. The van der Waals surface area contributed by atoms with Crippen LogP contribution in [0.15, 0.2) is 170 Å². The van der Waals surface area contributed by atoms with E-state index >= 15 is 0 Å². The van der Waals surface area contributed by atoms with Gasteiger partial charge in [0.25, 0.3) is 0 Å². The number of ether oxygens (including phenoxy) is 3. The van der Waals surface area contributed by atoms with Crippen LogP contribution in [0.5, 0.6) is 0 Å². The Morgan fingerprint density at radius 3 is 1.07 bits per heavy atom. The van der Waals surface area contributed by atoms with Gasteiger partial charge in [-0.3, -0.25) is 23.4 Å². The van der Waals surface area contributed by atoms with Gasteiger partial charge in [0.1, 0.15) is 12.7 Å². The molecule has 0 amide bonds. The third-order valence-corrected chi connectivity index (χ3v) is 13.1. The largest absolute Gasteiger partial charge is 0.472 e. The molecule has 460 valence electrons. The fraction of sp³-hybridized carbons (Fsp3) is 0.557. The highest BCUT2D eigenvalue weighted by atomic mass is 31.2. The van der Waals surface area contributed by atoms with E-state index in [1.807, 2.05) is 24.3 Å². The molecule has 0 rings (SSSR count). The molecule has 3 unspecified atom stereocenters. The molecular formula is C70H109O11P. The fourth-order valence-electron chi connectivity index (χ4n) is 7.48. The van der Waals surface area contributed by atoms with Crippen molar-refractivity contribution in [1.29, 1.82) is 0 Å². The van der Waals surface area contributed by atoms with Crippen LogP contribution in [-0.4, -0.2) is 66.5 Å². The number of carbonyl (C=O) groups is 3. The van der Waals surface area contributed by atoms with Crippen LogP contribution in [0.2, 0.25) is 0 Å². The third-order valence-electron chi connectivity index (χ3n) is 12.1. The molecule has 0 saturated carbocycles. The molecule has 3 atom stereocenters. The van der Waals surface area contributed by atoms with Crippen molar-refractivity contribution in [3.63, 3.8) is 0 Å². The highest BCUT2D eigenvalue weighted by Gasteiger charge is 2.28. The molecule has 0 bridgehead atoms. The smallest absolute Gasteiger partial charge is 0.462 e. The summed E-state index contributed by atoms with van der Waals surface area (Å²) in [5.41, 5.74) is 0. The Bertz CT molecular complexity index is 2030. The zero-order valence-electron chi connectivity index (χ0n) is 50.9. The summed E-state index contributed by atoms with van der Waals surface area (Å²) in [5.74, 6) is -1.66. The molecule has 0 heterocycles. The number of aliphatic hydroxyl groups excluding tert-OH is 1. The third kappa shape index (κ3) is 59.5. The van der Waals surface area contributed by atoms with Crippen molar-refractivity contribution < 1.29 is 52.2 Å². The van der Waals surface area contributed by atoms with Gasteiger partial charge in [-0.2, -0.15) is 0 Å². The van der Waals surface area contributed by atoms with Crippen LogP contribution in [0.25, 0.3) is 0 Å². The van der Waals surface area contributed by atoms with Crippen molar-refractivity contribution >= 4 is 25.7 Å². The summed E-state index contributed by atoms with van der Waals surface area (Å²) in [7, 11) is -4.80. The van der Waals surface area contributed by atoms with Gasteiger partial charge in [-0.1, -0.05) is 229 Å². The van der Waals surface area contributed by atoms with E-state index in [1.165, 1.54) is 25.7 Å². The van der Waals surface area contributed by atoms with E-state index in [4.69, 9.17) is 23.3 Å². The molecule has 0 aromatic heterocycles. The number of rotatable bonds is 55. The monoisotopic (exact) mass is 1160 g/mol. The lowest BCUT2D eigenvalue weighted by Crippen LogP contribution is -2.30. The lowest BCUT2D eigenvalue weighted by molar-refractivity contribution is -0.161. The maximum Gasteiger partial charge on any atom is 0.472 e. The van der Waals surface area contributed by atoms with Crippen molar-refractivity contribution in [3.8, 4) is 0 Å². The average Bonchev–Trinajstić information content (AvgIpc) is 3.47. The molecular weight excluding hydrogens is 1050 g/mol. The quantitative estimate of drug-likeness (QED) is 0.0197. The first-order valence-corrected chi connectivity index (χ1v) is 32.5. The van der Waals surface area contributed by atoms with E-state index in [0.29, 0.717) is 25.7 Å². The summed E-state index contributed by atoms with van der Waals surface area (Å²) in [4.78, 5) is 48.7. The number of allylic oxidation sites excluding steroid dienone is 28. The first-order valence-electron chi connectivity index (χ1n) is 31.0. The summed E-state index contributed by atoms with van der Waals surface area (Å²) in [5, 5.41) is 9.84. The predicted molar refractivity (Wildman–Crippen MR) is 343 cm³/mol. The fourth-order valence-corrected chi connectivity index (χ4v) is 8.27. The van der Waals surface area contributed by atoms with Crippen molar-refractivity contribution in [2.45, 2.75) is 226 Å². The van der Waals surface area contributed by atoms with Gasteiger partial charge in [0.2, 0.25) is 0 Å². The van der Waals surface area contributed by atoms with E-state index in [0.717, 1.165) is 122 Å². The van der Waals surface area contributed by atoms with Gasteiger partial charge in [0.15, 0.2) is 6.10 Å². The van der Waals surface area contributed by atoms with Gasteiger partial charge in [0, 0.05) is 19.3 Å². The Kier molecular flexibility index (Phi) is 58.0. The van der Waals surface area contributed by atoms with Gasteiger partial charge in [-0.25, -0.2) is 4.57 Å². The van der Waals surface area contributed by atoms with Gasteiger partial charge < -0.3 is 24.2 Å². The number of unbranched alkanes of at least 4 members (excludes halogenated alkanes) is 10. The van der Waals surface area contributed by atoms with E-state index in [1.54, 1.807) is 0 Å². The van der Waals surface area contributed by atoms with E-state index in [2.05, 4.69) is 167 Å². The Balaban J connectivity index is 4.93. The maximum atomic E-state index is 12.9. The zero-order chi connectivity index (χ0) is 59.8. The normalized spacial score (nSPS) is 14.5. The highest BCUT2D eigenvalue weighted by molar-refractivity contribution is 7.47. The molecule has 0 aliphatic carbocycles. The number of esters is 3. The molecule has 0 aromatic rings. The molecule has 0 aliphatic rings. The van der Waals surface area contributed by atoms with Gasteiger partial charge in [-0.05, 0) is 135 Å². The SMILES string of the molecule is CC/C=C\C/C=C\C/C=C\C/C=C\C/C=C\C/C=C\CCC(=O)OCC(COP(=O)(O)OCC(CO)OC(=O)CCC/C=C\C/C=C\C/C=C\C/C=C\C/C=C\CC)OC(=O)CCCCCCCC/C=C\C/C=C\C/C=C\CCCCC. The van der Waals surface area contributed by atoms with Crippen LogP contribution >= 0.6 is 7.82 Å². The Morgan fingerprint density at radius 1 is 0.354 bits per heavy atom. The molecule has 11 nitrogen and oxygen atoms in total. The maximum absolute atomic E-state index is 12.9. The summed E-state index contributed by atoms with van der Waals surface area (Å²) < 4.78 is 39.5. The molecule has 12 heteroatoms. The second-order valence-corrected chi connectivity index (χ2v) is 21.2. The van der Waals surface area contributed by atoms with Crippen LogP contribution in [0, 0.1) is 0 Å². The van der Waals surface area contributed by atoms with Crippen LogP contribution in [-0.2, 0) is 42.2 Å². The minimum absolute atomic E-state index is 0.0829.